The molecule has 0 unspecified atom stereocenters. The summed E-state index contributed by atoms with van der Waals surface area (Å²) >= 11 is 1.35. The van der Waals surface area contributed by atoms with Crippen LogP contribution in [0.15, 0.2) is 48.7 Å². The van der Waals surface area contributed by atoms with Crippen LogP contribution in [-0.4, -0.2) is 64.6 Å². The van der Waals surface area contributed by atoms with Crippen LogP contribution in [0.2, 0.25) is 0 Å². The van der Waals surface area contributed by atoms with Crippen LogP contribution in [0.1, 0.15) is 67.7 Å². The molecule has 9 nitrogen and oxygen atoms in total. The standard InChI is InChI=1S/C34H36FN5O4S/c1-34(2,3)44-33(42)37-24-6-5-11-39(19-24)32(41)30-16-27(20-7-8-22(17-36)28(35)13-20)31(45-30)21-9-10-29-23(12-21)18-40(38-29)25-14-26(15-25)43-4/h7-10,12-13,16,18,24-26H,5-6,11,14-15,19H2,1-4H3,(H,37,42)/t24-,25?,26?/m1/s1. The number of likely N-dealkylation sites (tertiary alicyclic amines) is 1. The highest BCUT2D eigenvalue weighted by molar-refractivity contribution is 7.18. The van der Waals surface area contributed by atoms with Gasteiger partial charge in [0, 0.05) is 48.3 Å². The summed E-state index contributed by atoms with van der Waals surface area (Å²) in [4.78, 5) is 29.4. The highest BCUT2D eigenvalue weighted by Crippen LogP contribution is 2.42. The molecule has 1 aliphatic carbocycles. The van der Waals surface area contributed by atoms with Gasteiger partial charge in [-0.25, -0.2) is 9.18 Å². The molecule has 1 saturated carbocycles. The Morgan fingerprint density at radius 3 is 2.62 bits per heavy atom. The minimum absolute atomic E-state index is 0.0378. The molecular weight excluding hydrogens is 593 g/mol. The van der Waals surface area contributed by atoms with E-state index >= 15 is 0 Å². The van der Waals surface area contributed by atoms with Crippen LogP contribution < -0.4 is 5.32 Å². The van der Waals surface area contributed by atoms with Gasteiger partial charge in [-0.2, -0.15) is 10.4 Å². The molecule has 11 heteroatoms. The lowest BCUT2D eigenvalue weighted by molar-refractivity contribution is 0.00269. The number of nitriles is 1. The fraction of sp³-hybridized carbons (Fsp3) is 0.412. The van der Waals surface area contributed by atoms with Gasteiger partial charge in [0.2, 0.25) is 0 Å². The Balaban J connectivity index is 1.31. The normalized spacial score (nSPS) is 20.0. The molecule has 2 fully saturated rings. The number of amides is 2. The molecule has 234 valence electrons. The van der Waals surface area contributed by atoms with Gasteiger partial charge in [0.05, 0.1) is 28.1 Å². The molecule has 0 bridgehead atoms. The van der Waals surface area contributed by atoms with Crippen molar-refractivity contribution in [3.63, 3.8) is 0 Å². The van der Waals surface area contributed by atoms with Gasteiger partial charge < -0.3 is 19.7 Å². The number of benzene rings is 2. The lowest BCUT2D eigenvalue weighted by Crippen LogP contribution is -2.50. The first-order chi connectivity index (χ1) is 21.5. The summed E-state index contributed by atoms with van der Waals surface area (Å²) in [5, 5.41) is 17.9. The molecule has 0 radical (unpaired) electrons. The van der Waals surface area contributed by atoms with Gasteiger partial charge >= 0.3 is 6.09 Å². The van der Waals surface area contributed by atoms with Crippen molar-refractivity contribution in [2.75, 3.05) is 20.2 Å². The van der Waals surface area contributed by atoms with E-state index in [9.17, 15) is 19.2 Å². The highest BCUT2D eigenvalue weighted by atomic mass is 32.1. The summed E-state index contributed by atoms with van der Waals surface area (Å²) < 4.78 is 27.6. The molecule has 6 rings (SSSR count). The van der Waals surface area contributed by atoms with E-state index in [1.54, 1.807) is 24.1 Å². The summed E-state index contributed by atoms with van der Waals surface area (Å²) in [6, 6.07) is 14.3. The molecule has 1 N–H and O–H groups in total. The van der Waals surface area contributed by atoms with E-state index in [1.165, 1.54) is 23.5 Å². The fourth-order valence-corrected chi connectivity index (χ4v) is 7.07. The molecule has 4 aromatic rings. The molecular formula is C34H36FN5O4S. The van der Waals surface area contributed by atoms with Crippen molar-refractivity contribution in [2.45, 2.75) is 70.2 Å². The van der Waals surface area contributed by atoms with Crippen molar-refractivity contribution in [3.8, 4) is 27.6 Å². The smallest absolute Gasteiger partial charge is 0.407 e. The number of ether oxygens (including phenoxy) is 2. The van der Waals surface area contributed by atoms with Crippen LogP contribution >= 0.6 is 11.3 Å². The minimum Gasteiger partial charge on any atom is -0.444 e. The van der Waals surface area contributed by atoms with Crippen LogP contribution in [0.25, 0.3) is 32.5 Å². The SMILES string of the molecule is COC1CC(n2cc3cc(-c4sc(C(=O)N5CCC[C@@H](NC(=O)OC(C)(C)C)C5)cc4-c4ccc(C#N)c(F)c4)ccc3n2)C1. The first-order valence-electron chi connectivity index (χ1n) is 15.2. The summed E-state index contributed by atoms with van der Waals surface area (Å²) in [5.74, 6) is -0.761. The number of methoxy groups -OCH3 is 1. The van der Waals surface area contributed by atoms with E-state index < -0.39 is 17.5 Å². The zero-order valence-corrected chi connectivity index (χ0v) is 26.6. The molecule has 2 aromatic heterocycles. The Labute approximate surface area is 265 Å². The van der Waals surface area contributed by atoms with Gasteiger partial charge in [0.15, 0.2) is 0 Å². The highest BCUT2D eigenvalue weighted by Gasteiger charge is 2.32. The lowest BCUT2D eigenvalue weighted by Gasteiger charge is -2.34. The summed E-state index contributed by atoms with van der Waals surface area (Å²) in [7, 11) is 1.73. The number of fused-ring (bicyclic) bond motifs is 1. The van der Waals surface area contributed by atoms with Crippen molar-refractivity contribution in [1.29, 1.82) is 5.26 Å². The van der Waals surface area contributed by atoms with Gasteiger partial charge in [-0.05, 0) is 87.9 Å². The number of aromatic nitrogens is 2. The van der Waals surface area contributed by atoms with E-state index in [0.717, 1.165) is 47.0 Å². The van der Waals surface area contributed by atoms with Gasteiger partial charge in [-0.1, -0.05) is 12.1 Å². The predicted molar refractivity (Wildman–Crippen MR) is 171 cm³/mol. The largest absolute Gasteiger partial charge is 0.444 e. The predicted octanol–water partition coefficient (Wildman–Crippen LogP) is 6.92. The van der Waals surface area contributed by atoms with E-state index in [1.807, 2.05) is 49.9 Å². The topological polar surface area (TPSA) is 109 Å². The molecule has 0 spiro atoms. The van der Waals surface area contributed by atoms with Crippen LogP contribution in [0.5, 0.6) is 0 Å². The van der Waals surface area contributed by atoms with Crippen LogP contribution in [0, 0.1) is 17.1 Å². The Morgan fingerprint density at radius 1 is 1.13 bits per heavy atom. The monoisotopic (exact) mass is 629 g/mol. The average molecular weight is 630 g/mol. The number of hydrogen-bond acceptors (Lipinski definition) is 7. The number of alkyl carbamates (subject to hydrolysis) is 1. The Bertz CT molecular complexity index is 1800. The van der Waals surface area contributed by atoms with Gasteiger partial charge in [-0.3, -0.25) is 9.48 Å². The molecule has 1 atom stereocenters. The number of nitrogens with one attached hydrogen (secondary N) is 1. The Morgan fingerprint density at radius 2 is 1.91 bits per heavy atom. The number of carbonyl (C=O) groups is 2. The first-order valence-corrected chi connectivity index (χ1v) is 16.0. The molecule has 1 aliphatic heterocycles. The third-order valence-electron chi connectivity index (χ3n) is 8.33. The maximum Gasteiger partial charge on any atom is 0.407 e. The van der Waals surface area contributed by atoms with Crippen LogP contribution in [-0.2, 0) is 9.47 Å². The zero-order valence-electron chi connectivity index (χ0n) is 25.8. The van der Waals surface area contributed by atoms with Crippen molar-refractivity contribution in [1.82, 2.24) is 20.0 Å². The molecule has 2 aromatic carbocycles. The van der Waals surface area contributed by atoms with Crippen molar-refractivity contribution in [3.05, 3.63) is 64.9 Å². The Hall–Kier alpha value is -4.27. The average Bonchev–Trinajstić information content (AvgIpc) is 3.60. The molecule has 45 heavy (non-hydrogen) atoms. The summed E-state index contributed by atoms with van der Waals surface area (Å²) in [6.07, 6.45) is 5.14. The fourth-order valence-electron chi connectivity index (χ4n) is 5.93. The second-order valence-electron chi connectivity index (χ2n) is 12.8. The van der Waals surface area contributed by atoms with Gasteiger partial charge in [-0.15, -0.1) is 11.3 Å². The third kappa shape index (κ3) is 6.58. The number of thiophene rings is 1. The number of nitrogens with zero attached hydrogens (tertiary/aromatic N) is 4. The first kappa shape index (κ1) is 30.7. The maximum atomic E-state index is 14.8. The van der Waals surface area contributed by atoms with Gasteiger partial charge in [0.1, 0.15) is 17.5 Å². The Kier molecular flexibility index (Phi) is 8.37. The summed E-state index contributed by atoms with van der Waals surface area (Å²) in [6.45, 7) is 6.36. The number of halogens is 1. The molecule has 2 amide bonds. The number of hydrogen-bond donors (Lipinski definition) is 1. The van der Waals surface area contributed by atoms with Crippen LogP contribution in [0.3, 0.4) is 0 Å². The quantitative estimate of drug-likeness (QED) is 0.248. The third-order valence-corrected chi connectivity index (χ3v) is 9.51. The molecule has 2 aliphatic rings. The molecule has 1 saturated heterocycles. The lowest BCUT2D eigenvalue weighted by atomic mass is 9.89. The second-order valence-corrected chi connectivity index (χ2v) is 13.8. The minimum atomic E-state index is -0.616. The summed E-state index contributed by atoms with van der Waals surface area (Å²) in [5.41, 5.74) is 2.39. The molecule has 3 heterocycles. The van der Waals surface area contributed by atoms with E-state index in [4.69, 9.17) is 14.6 Å². The van der Waals surface area contributed by atoms with Crippen molar-refractivity contribution in [2.24, 2.45) is 0 Å². The second kappa shape index (κ2) is 12.3. The van der Waals surface area contributed by atoms with E-state index in [0.29, 0.717) is 35.1 Å². The number of piperidine rings is 1. The van der Waals surface area contributed by atoms with Crippen molar-refractivity contribution >= 4 is 34.2 Å². The number of carbonyl (C=O) groups excluding carboxylic acids is 2. The number of rotatable bonds is 6. The van der Waals surface area contributed by atoms with Crippen molar-refractivity contribution < 1.29 is 23.5 Å². The van der Waals surface area contributed by atoms with E-state index in [2.05, 4.69) is 11.4 Å². The van der Waals surface area contributed by atoms with Crippen LogP contribution in [0.4, 0.5) is 9.18 Å². The zero-order chi connectivity index (χ0) is 31.9. The van der Waals surface area contributed by atoms with E-state index in [-0.39, 0.29) is 23.6 Å². The maximum absolute atomic E-state index is 14.8. The van der Waals surface area contributed by atoms with Gasteiger partial charge in [0.25, 0.3) is 5.91 Å².